The lowest BCUT2D eigenvalue weighted by Gasteiger charge is -1.97. The third-order valence-corrected chi connectivity index (χ3v) is 3.41. The summed E-state index contributed by atoms with van der Waals surface area (Å²) in [5, 5.41) is 1.26. The lowest BCUT2D eigenvalue weighted by molar-refractivity contribution is 0.650. The molecule has 0 fully saturated rings. The molecular formula is C15H18N4. The molecule has 3 N–H and O–H groups in total. The molecule has 0 aliphatic carbocycles. The molecule has 0 spiro atoms. The topological polar surface area (TPSA) is 59.6 Å². The van der Waals surface area contributed by atoms with Gasteiger partial charge in [-0.15, -0.1) is 0 Å². The number of fused-ring (bicyclic) bond motifs is 1. The van der Waals surface area contributed by atoms with Crippen molar-refractivity contribution in [3.63, 3.8) is 0 Å². The van der Waals surface area contributed by atoms with E-state index in [1.807, 2.05) is 6.33 Å². The second kappa shape index (κ2) is 4.90. The van der Waals surface area contributed by atoms with Gasteiger partial charge in [-0.1, -0.05) is 12.1 Å². The zero-order chi connectivity index (χ0) is 13.2. The van der Waals surface area contributed by atoms with E-state index >= 15 is 0 Å². The fourth-order valence-electron chi connectivity index (χ4n) is 2.34. The van der Waals surface area contributed by atoms with Crippen LogP contribution >= 0.6 is 0 Å². The Morgan fingerprint density at radius 3 is 3.05 bits per heavy atom. The van der Waals surface area contributed by atoms with Crippen molar-refractivity contribution in [3.8, 4) is 11.4 Å². The number of aryl methyl sites for hydroxylation is 2. The normalized spacial score (nSPS) is 11.3. The number of benzene rings is 1. The van der Waals surface area contributed by atoms with Crippen LogP contribution in [0.3, 0.4) is 0 Å². The molecule has 2 heterocycles. The highest BCUT2D eigenvalue weighted by atomic mass is 15.0. The quantitative estimate of drug-likeness (QED) is 0.752. The van der Waals surface area contributed by atoms with E-state index in [-0.39, 0.29) is 0 Å². The zero-order valence-corrected chi connectivity index (χ0v) is 11.1. The van der Waals surface area contributed by atoms with Crippen molar-refractivity contribution < 1.29 is 0 Å². The average molecular weight is 254 g/mol. The molecule has 0 aliphatic rings. The van der Waals surface area contributed by atoms with Gasteiger partial charge in [0.05, 0.1) is 12.0 Å². The fraction of sp³-hybridized carbons (Fsp3) is 0.267. The summed E-state index contributed by atoms with van der Waals surface area (Å²) < 4.78 is 2.08. The molecule has 4 nitrogen and oxygen atoms in total. The molecule has 2 aromatic heterocycles. The molecule has 0 aliphatic heterocycles. The highest BCUT2D eigenvalue weighted by molar-refractivity contribution is 5.87. The van der Waals surface area contributed by atoms with Gasteiger partial charge in [0, 0.05) is 23.6 Å². The van der Waals surface area contributed by atoms with Gasteiger partial charge in [-0.05, 0) is 37.6 Å². The van der Waals surface area contributed by atoms with Crippen LogP contribution in [0.15, 0.2) is 36.8 Å². The summed E-state index contributed by atoms with van der Waals surface area (Å²) >= 11 is 0. The minimum absolute atomic E-state index is 0.707. The minimum Gasteiger partial charge on any atom is -0.353 e. The Bertz CT molecular complexity index is 693. The molecule has 98 valence electrons. The minimum atomic E-state index is 0.707. The maximum absolute atomic E-state index is 5.52. The van der Waals surface area contributed by atoms with Gasteiger partial charge >= 0.3 is 0 Å². The van der Waals surface area contributed by atoms with Crippen molar-refractivity contribution >= 4 is 10.9 Å². The number of imidazole rings is 1. The maximum atomic E-state index is 5.52. The smallest absolute Gasteiger partial charge is 0.104 e. The standard InChI is InChI=1S/C15H18N4/c1-11-4-2-5-13-12(11)8-14(18-13)15-9-19(10-17-15)7-3-6-16/h2,4-5,8-10,18H,3,6-7,16H2,1H3. The number of aromatic amines is 1. The Labute approximate surface area is 112 Å². The van der Waals surface area contributed by atoms with Gasteiger partial charge in [-0.25, -0.2) is 4.98 Å². The number of nitrogens with zero attached hydrogens (tertiary/aromatic N) is 2. The monoisotopic (exact) mass is 254 g/mol. The molecule has 4 heteroatoms. The number of rotatable bonds is 4. The van der Waals surface area contributed by atoms with Gasteiger partial charge < -0.3 is 15.3 Å². The third kappa shape index (κ3) is 2.27. The number of aromatic nitrogens is 3. The average Bonchev–Trinajstić information content (AvgIpc) is 3.03. The van der Waals surface area contributed by atoms with Crippen LogP contribution in [-0.4, -0.2) is 21.1 Å². The summed E-state index contributed by atoms with van der Waals surface area (Å²) in [6, 6.07) is 8.45. The maximum Gasteiger partial charge on any atom is 0.104 e. The molecule has 0 unspecified atom stereocenters. The van der Waals surface area contributed by atoms with Crippen molar-refractivity contribution in [2.45, 2.75) is 19.9 Å². The Morgan fingerprint density at radius 2 is 2.26 bits per heavy atom. The van der Waals surface area contributed by atoms with E-state index in [1.54, 1.807) is 0 Å². The highest BCUT2D eigenvalue weighted by Gasteiger charge is 2.07. The van der Waals surface area contributed by atoms with Crippen LogP contribution in [0, 0.1) is 6.92 Å². The van der Waals surface area contributed by atoms with Crippen molar-refractivity contribution in [1.29, 1.82) is 0 Å². The van der Waals surface area contributed by atoms with Crippen molar-refractivity contribution in [3.05, 3.63) is 42.4 Å². The van der Waals surface area contributed by atoms with Crippen LogP contribution in [0.1, 0.15) is 12.0 Å². The molecule has 3 aromatic rings. The second-order valence-electron chi connectivity index (χ2n) is 4.86. The van der Waals surface area contributed by atoms with Crippen LogP contribution in [0.4, 0.5) is 0 Å². The Hall–Kier alpha value is -2.07. The first-order valence-corrected chi connectivity index (χ1v) is 6.58. The van der Waals surface area contributed by atoms with E-state index in [0.717, 1.165) is 29.9 Å². The number of nitrogens with one attached hydrogen (secondary N) is 1. The van der Waals surface area contributed by atoms with Crippen LogP contribution < -0.4 is 5.73 Å². The first kappa shape index (κ1) is 12.0. The summed E-state index contributed by atoms with van der Waals surface area (Å²) in [7, 11) is 0. The van der Waals surface area contributed by atoms with Gasteiger partial charge in [0.2, 0.25) is 0 Å². The molecule has 0 radical (unpaired) electrons. The molecule has 0 saturated carbocycles. The molecule has 1 aromatic carbocycles. The number of hydrogen-bond acceptors (Lipinski definition) is 2. The Balaban J connectivity index is 1.95. The molecule has 0 amide bonds. The van der Waals surface area contributed by atoms with E-state index in [4.69, 9.17) is 5.73 Å². The summed E-state index contributed by atoms with van der Waals surface area (Å²) in [4.78, 5) is 7.88. The lowest BCUT2D eigenvalue weighted by atomic mass is 10.1. The van der Waals surface area contributed by atoms with Crippen LogP contribution in [0.2, 0.25) is 0 Å². The number of H-pyrrole nitrogens is 1. The number of hydrogen-bond donors (Lipinski definition) is 2. The lowest BCUT2D eigenvalue weighted by Crippen LogP contribution is -2.03. The van der Waals surface area contributed by atoms with E-state index < -0.39 is 0 Å². The van der Waals surface area contributed by atoms with Gasteiger partial charge in [0.1, 0.15) is 5.69 Å². The summed E-state index contributed by atoms with van der Waals surface area (Å²) in [6.07, 6.45) is 4.90. The van der Waals surface area contributed by atoms with E-state index in [1.165, 1.54) is 10.9 Å². The SMILES string of the molecule is Cc1cccc2[nH]c(-c3cn(CCCN)cn3)cc12. The van der Waals surface area contributed by atoms with Crippen LogP contribution in [-0.2, 0) is 6.54 Å². The highest BCUT2D eigenvalue weighted by Crippen LogP contribution is 2.25. The van der Waals surface area contributed by atoms with E-state index in [9.17, 15) is 0 Å². The number of nitrogens with two attached hydrogens (primary N) is 1. The van der Waals surface area contributed by atoms with Crippen molar-refractivity contribution in [2.75, 3.05) is 6.54 Å². The molecule has 0 saturated heterocycles. The molecule has 19 heavy (non-hydrogen) atoms. The first-order chi connectivity index (χ1) is 9.28. The van der Waals surface area contributed by atoms with Crippen molar-refractivity contribution in [2.24, 2.45) is 5.73 Å². The van der Waals surface area contributed by atoms with Crippen molar-refractivity contribution in [1.82, 2.24) is 14.5 Å². The first-order valence-electron chi connectivity index (χ1n) is 6.58. The molecular weight excluding hydrogens is 236 g/mol. The van der Waals surface area contributed by atoms with Crippen LogP contribution in [0.25, 0.3) is 22.3 Å². The van der Waals surface area contributed by atoms with Gasteiger partial charge in [-0.2, -0.15) is 0 Å². The largest absolute Gasteiger partial charge is 0.353 e. The van der Waals surface area contributed by atoms with Gasteiger partial charge in [-0.3, -0.25) is 0 Å². The van der Waals surface area contributed by atoms with Gasteiger partial charge in [0.25, 0.3) is 0 Å². The van der Waals surface area contributed by atoms with Crippen LogP contribution in [0.5, 0.6) is 0 Å². The molecule has 0 bridgehead atoms. The summed E-state index contributed by atoms with van der Waals surface area (Å²) in [6.45, 7) is 3.75. The van der Waals surface area contributed by atoms with E-state index in [2.05, 4.69) is 51.9 Å². The molecule has 3 rings (SSSR count). The van der Waals surface area contributed by atoms with Gasteiger partial charge in [0.15, 0.2) is 0 Å². The second-order valence-corrected chi connectivity index (χ2v) is 4.86. The summed E-state index contributed by atoms with van der Waals surface area (Å²) in [5.74, 6) is 0. The third-order valence-electron chi connectivity index (χ3n) is 3.41. The Kier molecular flexibility index (Phi) is 3.09. The Morgan fingerprint density at radius 1 is 1.37 bits per heavy atom. The summed E-state index contributed by atoms with van der Waals surface area (Å²) in [5.41, 5.74) is 10.0. The predicted octanol–water partition coefficient (Wildman–Crippen LogP) is 2.69. The predicted molar refractivity (Wildman–Crippen MR) is 77.9 cm³/mol. The molecule has 0 atom stereocenters. The zero-order valence-electron chi connectivity index (χ0n) is 11.1. The van der Waals surface area contributed by atoms with E-state index in [0.29, 0.717) is 6.54 Å². The fourth-order valence-corrected chi connectivity index (χ4v) is 2.34.